The molecule has 1 fully saturated rings. The largest absolute Gasteiger partial charge is 0.484 e. The number of nitrogens with one attached hydrogen (secondary N) is 3. The molecule has 8 nitrogen and oxygen atoms in total. The first kappa shape index (κ1) is 27.0. The second-order valence-electron chi connectivity index (χ2n) is 8.11. The van der Waals surface area contributed by atoms with Gasteiger partial charge in [-0.2, -0.15) is 18.3 Å². The standard InChI is InChI=1S/C24H24ClF3N4O4/c25-20-11-8-17(12-19(20)24(26,27)28)31-22(34)23(35)32-29-13-15-6-9-18(10-7-15)36-14-21(33)30-16-4-2-1-3-5-16/h6-13,16H,1-5,14H2,(H,30,33)(H,31,34)(H,32,35)/b29-13+. The lowest BCUT2D eigenvalue weighted by atomic mass is 9.95. The van der Waals surface area contributed by atoms with E-state index in [1.165, 1.54) is 12.6 Å². The van der Waals surface area contributed by atoms with Crippen LogP contribution < -0.4 is 20.8 Å². The summed E-state index contributed by atoms with van der Waals surface area (Å²) in [6, 6.07) is 9.40. The van der Waals surface area contributed by atoms with E-state index in [0.717, 1.165) is 37.8 Å². The summed E-state index contributed by atoms with van der Waals surface area (Å²) >= 11 is 5.53. The van der Waals surface area contributed by atoms with Gasteiger partial charge in [0.1, 0.15) is 5.75 Å². The van der Waals surface area contributed by atoms with E-state index in [1.807, 2.05) is 5.43 Å². The molecular weight excluding hydrogens is 501 g/mol. The number of hydrazone groups is 1. The summed E-state index contributed by atoms with van der Waals surface area (Å²) in [6.07, 6.45) is 1.94. The molecule has 2 aromatic rings. The second kappa shape index (κ2) is 12.4. The Labute approximate surface area is 210 Å². The number of carbonyl (C=O) groups excluding carboxylic acids is 3. The zero-order valence-corrected chi connectivity index (χ0v) is 19.8. The molecule has 3 amide bonds. The maximum atomic E-state index is 12.9. The normalized spacial score (nSPS) is 14.3. The first-order valence-electron chi connectivity index (χ1n) is 11.1. The summed E-state index contributed by atoms with van der Waals surface area (Å²) in [4.78, 5) is 35.8. The number of alkyl halides is 3. The maximum Gasteiger partial charge on any atom is 0.417 e. The molecule has 0 aliphatic heterocycles. The van der Waals surface area contributed by atoms with E-state index in [0.29, 0.717) is 17.4 Å². The van der Waals surface area contributed by atoms with Gasteiger partial charge in [-0.3, -0.25) is 14.4 Å². The lowest BCUT2D eigenvalue weighted by Gasteiger charge is -2.22. The molecule has 0 radical (unpaired) electrons. The molecule has 2 aromatic carbocycles. The molecule has 192 valence electrons. The number of amides is 3. The fraction of sp³-hybridized carbons (Fsp3) is 0.333. The smallest absolute Gasteiger partial charge is 0.417 e. The van der Waals surface area contributed by atoms with Crippen molar-refractivity contribution < 1.29 is 32.3 Å². The molecule has 0 spiro atoms. The number of ether oxygens (including phenoxy) is 1. The third-order valence-corrected chi connectivity index (χ3v) is 5.67. The molecular formula is C24H24ClF3N4O4. The van der Waals surface area contributed by atoms with Crippen molar-refractivity contribution in [3.8, 4) is 5.75 Å². The van der Waals surface area contributed by atoms with Gasteiger partial charge in [0.05, 0.1) is 16.8 Å². The molecule has 36 heavy (non-hydrogen) atoms. The van der Waals surface area contributed by atoms with Crippen molar-refractivity contribution in [1.29, 1.82) is 0 Å². The molecule has 1 aliphatic rings. The monoisotopic (exact) mass is 524 g/mol. The van der Waals surface area contributed by atoms with E-state index < -0.39 is 28.6 Å². The quantitative estimate of drug-likeness (QED) is 0.285. The predicted octanol–water partition coefficient (Wildman–Crippen LogP) is 4.28. The number of halogens is 4. The number of rotatable bonds is 7. The van der Waals surface area contributed by atoms with E-state index in [-0.39, 0.29) is 24.2 Å². The van der Waals surface area contributed by atoms with Crippen LogP contribution >= 0.6 is 11.6 Å². The Hall–Kier alpha value is -3.60. The Bertz CT molecular complexity index is 1120. The summed E-state index contributed by atoms with van der Waals surface area (Å²) in [6.45, 7) is -0.104. The van der Waals surface area contributed by atoms with Gasteiger partial charge in [-0.15, -0.1) is 0 Å². The van der Waals surface area contributed by atoms with Crippen LogP contribution in [0.2, 0.25) is 5.02 Å². The van der Waals surface area contributed by atoms with E-state index >= 15 is 0 Å². The van der Waals surface area contributed by atoms with E-state index in [4.69, 9.17) is 16.3 Å². The molecule has 1 aliphatic carbocycles. The van der Waals surface area contributed by atoms with Crippen LogP contribution in [0.3, 0.4) is 0 Å². The van der Waals surface area contributed by atoms with Crippen LogP contribution in [-0.4, -0.2) is 36.6 Å². The average Bonchev–Trinajstić information content (AvgIpc) is 2.84. The maximum absolute atomic E-state index is 12.9. The first-order valence-corrected chi connectivity index (χ1v) is 11.5. The first-order chi connectivity index (χ1) is 17.1. The molecule has 0 heterocycles. The van der Waals surface area contributed by atoms with Gasteiger partial charge >= 0.3 is 18.0 Å². The molecule has 1 saturated carbocycles. The fourth-order valence-electron chi connectivity index (χ4n) is 3.54. The van der Waals surface area contributed by atoms with Crippen molar-refractivity contribution in [1.82, 2.24) is 10.7 Å². The lowest BCUT2D eigenvalue weighted by molar-refractivity contribution is -0.137. The highest BCUT2D eigenvalue weighted by atomic mass is 35.5. The van der Waals surface area contributed by atoms with Crippen molar-refractivity contribution >= 4 is 41.2 Å². The van der Waals surface area contributed by atoms with Crippen LogP contribution in [0.1, 0.15) is 43.2 Å². The van der Waals surface area contributed by atoms with Crippen LogP contribution in [0.5, 0.6) is 5.75 Å². The molecule has 3 N–H and O–H groups in total. The van der Waals surface area contributed by atoms with Crippen LogP contribution in [0.4, 0.5) is 18.9 Å². The number of carbonyl (C=O) groups is 3. The third-order valence-electron chi connectivity index (χ3n) is 5.34. The van der Waals surface area contributed by atoms with E-state index in [9.17, 15) is 27.6 Å². The second-order valence-corrected chi connectivity index (χ2v) is 8.51. The highest BCUT2D eigenvalue weighted by Gasteiger charge is 2.33. The number of anilines is 1. The average molecular weight is 525 g/mol. The Morgan fingerprint density at radius 2 is 1.72 bits per heavy atom. The summed E-state index contributed by atoms with van der Waals surface area (Å²) in [7, 11) is 0. The lowest BCUT2D eigenvalue weighted by Crippen LogP contribution is -2.38. The Kier molecular flexibility index (Phi) is 9.29. The molecule has 0 bridgehead atoms. The van der Waals surface area contributed by atoms with Gasteiger partial charge in [-0.05, 0) is 60.9 Å². The van der Waals surface area contributed by atoms with Gasteiger partial charge in [0.25, 0.3) is 5.91 Å². The molecule has 0 unspecified atom stereocenters. The van der Waals surface area contributed by atoms with Crippen LogP contribution in [0.15, 0.2) is 47.6 Å². The number of benzene rings is 2. The highest BCUT2D eigenvalue weighted by molar-refractivity contribution is 6.39. The van der Waals surface area contributed by atoms with Gasteiger partial charge < -0.3 is 15.4 Å². The topological polar surface area (TPSA) is 109 Å². The molecule has 0 atom stereocenters. The summed E-state index contributed by atoms with van der Waals surface area (Å²) < 4.78 is 44.2. The number of hydrogen-bond acceptors (Lipinski definition) is 5. The molecule has 0 saturated heterocycles. The van der Waals surface area contributed by atoms with Crippen LogP contribution in [0.25, 0.3) is 0 Å². The van der Waals surface area contributed by atoms with Gasteiger partial charge in [0.2, 0.25) is 0 Å². The number of hydrogen-bond donors (Lipinski definition) is 3. The summed E-state index contributed by atoms with van der Waals surface area (Å²) in [5.41, 5.74) is 1.15. The predicted molar refractivity (Wildman–Crippen MR) is 128 cm³/mol. The van der Waals surface area contributed by atoms with Crippen LogP contribution in [-0.2, 0) is 20.6 Å². The number of nitrogens with zero attached hydrogens (tertiary/aromatic N) is 1. The molecule has 0 aromatic heterocycles. The fourth-order valence-corrected chi connectivity index (χ4v) is 3.76. The Morgan fingerprint density at radius 1 is 1.03 bits per heavy atom. The molecule has 12 heteroatoms. The zero-order chi connectivity index (χ0) is 26.1. The van der Waals surface area contributed by atoms with Gasteiger partial charge in [-0.25, -0.2) is 5.43 Å². The third kappa shape index (κ3) is 8.26. The minimum absolute atomic E-state index is 0.104. The van der Waals surface area contributed by atoms with Crippen LogP contribution in [0, 0.1) is 0 Å². The minimum Gasteiger partial charge on any atom is -0.484 e. The summed E-state index contributed by atoms with van der Waals surface area (Å²) in [5, 5.41) is 8.13. The van der Waals surface area contributed by atoms with E-state index in [2.05, 4.69) is 15.7 Å². The summed E-state index contributed by atoms with van der Waals surface area (Å²) in [5.74, 6) is -2.10. The molecule has 3 rings (SSSR count). The van der Waals surface area contributed by atoms with Crippen molar-refractivity contribution in [2.75, 3.05) is 11.9 Å². The minimum atomic E-state index is -4.72. The van der Waals surface area contributed by atoms with Crippen molar-refractivity contribution in [2.45, 2.75) is 44.3 Å². The van der Waals surface area contributed by atoms with Crippen molar-refractivity contribution in [2.24, 2.45) is 5.10 Å². The van der Waals surface area contributed by atoms with Crippen molar-refractivity contribution in [3.05, 3.63) is 58.6 Å². The Morgan fingerprint density at radius 3 is 2.39 bits per heavy atom. The SMILES string of the molecule is O=C(COc1ccc(/C=N/NC(=O)C(=O)Nc2ccc(Cl)c(C(F)(F)F)c2)cc1)NC1CCCCC1. The van der Waals surface area contributed by atoms with Gasteiger partial charge in [0, 0.05) is 11.7 Å². The Balaban J connectivity index is 1.44. The van der Waals surface area contributed by atoms with Gasteiger partial charge in [-0.1, -0.05) is 30.9 Å². The van der Waals surface area contributed by atoms with Crippen molar-refractivity contribution in [3.63, 3.8) is 0 Å². The highest BCUT2D eigenvalue weighted by Crippen LogP contribution is 2.36. The zero-order valence-electron chi connectivity index (χ0n) is 19.0. The van der Waals surface area contributed by atoms with E-state index in [1.54, 1.807) is 24.3 Å². The van der Waals surface area contributed by atoms with Gasteiger partial charge in [0.15, 0.2) is 6.61 Å².